The van der Waals surface area contributed by atoms with Gasteiger partial charge in [0.1, 0.15) is 5.82 Å². The van der Waals surface area contributed by atoms with E-state index in [0.29, 0.717) is 27.6 Å². The van der Waals surface area contributed by atoms with Gasteiger partial charge in [0.25, 0.3) is 0 Å². The zero-order valence-corrected chi connectivity index (χ0v) is 13.1. The number of benzene rings is 2. The van der Waals surface area contributed by atoms with E-state index < -0.39 is 0 Å². The Kier molecular flexibility index (Phi) is 5.53. The molecule has 2 aromatic rings. The van der Waals surface area contributed by atoms with Crippen molar-refractivity contribution in [2.24, 2.45) is 0 Å². The van der Waals surface area contributed by atoms with Gasteiger partial charge in [0.15, 0.2) is 0 Å². The zero-order chi connectivity index (χ0) is 15.9. The summed E-state index contributed by atoms with van der Waals surface area (Å²) < 4.78 is 12.8. The lowest BCUT2D eigenvalue weighted by molar-refractivity contribution is 0.628. The third-order valence-electron chi connectivity index (χ3n) is 2.75. The molecule has 0 bridgehead atoms. The Labute approximate surface area is 138 Å². The average Bonchev–Trinajstić information content (AvgIpc) is 2.50. The molecule has 0 atom stereocenters. The molecule has 0 heterocycles. The Morgan fingerprint density at radius 3 is 1.82 bits per heavy atom. The van der Waals surface area contributed by atoms with E-state index in [1.807, 2.05) is 0 Å². The standard InChI is InChI=1S/C16H12FN3S2/c17-12-3-7-14(8-4-12)20-16(22)9-15(21)19-13-5-1-11(10-18)2-6-13/h1-8H,9H2,(H,19,21)(H,20,22). The van der Waals surface area contributed by atoms with Crippen molar-refractivity contribution in [3.8, 4) is 6.07 Å². The summed E-state index contributed by atoms with van der Waals surface area (Å²) in [5.41, 5.74) is 2.10. The predicted octanol–water partition coefficient (Wildman–Crippen LogP) is 4.27. The zero-order valence-electron chi connectivity index (χ0n) is 11.5. The van der Waals surface area contributed by atoms with Crippen LogP contribution in [0.15, 0.2) is 48.5 Å². The summed E-state index contributed by atoms with van der Waals surface area (Å²) >= 11 is 10.5. The van der Waals surface area contributed by atoms with Gasteiger partial charge in [0, 0.05) is 17.8 Å². The molecule has 2 aromatic carbocycles. The molecule has 3 nitrogen and oxygen atoms in total. The highest BCUT2D eigenvalue weighted by molar-refractivity contribution is 7.82. The number of hydrogen-bond acceptors (Lipinski definition) is 3. The highest BCUT2D eigenvalue weighted by Gasteiger charge is 2.04. The van der Waals surface area contributed by atoms with Crippen molar-refractivity contribution in [2.75, 3.05) is 10.6 Å². The molecule has 110 valence electrons. The number of nitrogens with one attached hydrogen (secondary N) is 2. The lowest BCUT2D eigenvalue weighted by Gasteiger charge is -2.11. The molecule has 0 saturated carbocycles. The van der Waals surface area contributed by atoms with E-state index >= 15 is 0 Å². The van der Waals surface area contributed by atoms with Crippen LogP contribution >= 0.6 is 24.4 Å². The first kappa shape index (κ1) is 16.0. The molecule has 0 saturated heterocycles. The second-order valence-corrected chi connectivity index (χ2v) is 5.45. The van der Waals surface area contributed by atoms with Crippen LogP contribution in [0.1, 0.15) is 12.0 Å². The number of rotatable bonds is 4. The van der Waals surface area contributed by atoms with E-state index in [0.717, 1.165) is 5.69 Å². The van der Waals surface area contributed by atoms with Crippen LogP contribution in [0.25, 0.3) is 0 Å². The van der Waals surface area contributed by atoms with Crippen LogP contribution in [0.4, 0.5) is 15.8 Å². The van der Waals surface area contributed by atoms with Gasteiger partial charge in [-0.15, -0.1) is 0 Å². The summed E-state index contributed by atoms with van der Waals surface area (Å²) in [5.74, 6) is -0.297. The molecular weight excluding hydrogens is 317 g/mol. The Morgan fingerprint density at radius 1 is 0.909 bits per heavy atom. The fraction of sp³-hybridized carbons (Fsp3) is 0.0625. The monoisotopic (exact) mass is 329 g/mol. The van der Waals surface area contributed by atoms with Crippen LogP contribution in [0, 0.1) is 17.1 Å². The number of nitriles is 1. The number of thiocarbonyl (C=S) groups is 2. The molecule has 0 unspecified atom stereocenters. The highest BCUT2D eigenvalue weighted by atomic mass is 32.1. The van der Waals surface area contributed by atoms with Crippen molar-refractivity contribution < 1.29 is 4.39 Å². The van der Waals surface area contributed by atoms with Crippen molar-refractivity contribution >= 4 is 45.8 Å². The fourth-order valence-electron chi connectivity index (χ4n) is 1.72. The smallest absolute Gasteiger partial charge is 0.123 e. The van der Waals surface area contributed by atoms with E-state index in [9.17, 15) is 4.39 Å². The molecule has 0 spiro atoms. The van der Waals surface area contributed by atoms with Gasteiger partial charge in [-0.25, -0.2) is 4.39 Å². The van der Waals surface area contributed by atoms with Gasteiger partial charge in [0.05, 0.1) is 21.6 Å². The first-order chi connectivity index (χ1) is 10.6. The van der Waals surface area contributed by atoms with E-state index in [-0.39, 0.29) is 5.82 Å². The second kappa shape index (κ2) is 7.59. The van der Waals surface area contributed by atoms with E-state index in [1.165, 1.54) is 12.1 Å². The van der Waals surface area contributed by atoms with Crippen molar-refractivity contribution in [3.05, 3.63) is 59.9 Å². The minimum absolute atomic E-state index is 0.297. The van der Waals surface area contributed by atoms with Crippen molar-refractivity contribution in [1.82, 2.24) is 0 Å². The lowest BCUT2D eigenvalue weighted by atomic mass is 10.2. The minimum atomic E-state index is -0.297. The predicted molar refractivity (Wildman–Crippen MR) is 94.6 cm³/mol. The van der Waals surface area contributed by atoms with Crippen LogP contribution in [-0.4, -0.2) is 9.98 Å². The maximum Gasteiger partial charge on any atom is 0.123 e. The Hall–Kier alpha value is -2.36. The minimum Gasteiger partial charge on any atom is -0.350 e. The quantitative estimate of drug-likeness (QED) is 0.821. The fourth-order valence-corrected chi connectivity index (χ4v) is 2.33. The first-order valence-electron chi connectivity index (χ1n) is 6.42. The third-order valence-corrected chi connectivity index (χ3v) is 3.24. The number of halogens is 1. The molecule has 0 amide bonds. The SMILES string of the molecule is N#Cc1ccc(NC(=S)CC(=S)Nc2ccc(F)cc2)cc1. The number of nitrogens with zero attached hydrogens (tertiary/aromatic N) is 1. The number of anilines is 2. The topological polar surface area (TPSA) is 47.9 Å². The summed E-state index contributed by atoms with van der Waals surface area (Å²) in [6, 6.07) is 15.0. The average molecular weight is 329 g/mol. The van der Waals surface area contributed by atoms with Gasteiger partial charge in [-0.3, -0.25) is 0 Å². The van der Waals surface area contributed by atoms with E-state index in [4.69, 9.17) is 29.7 Å². The molecule has 0 aliphatic carbocycles. The van der Waals surface area contributed by atoms with Gasteiger partial charge in [-0.1, -0.05) is 24.4 Å². The van der Waals surface area contributed by atoms with Crippen LogP contribution in [0.3, 0.4) is 0 Å². The van der Waals surface area contributed by atoms with Crippen molar-refractivity contribution in [3.63, 3.8) is 0 Å². The molecule has 0 fully saturated rings. The van der Waals surface area contributed by atoms with E-state index in [2.05, 4.69) is 16.7 Å². The molecule has 0 radical (unpaired) electrons. The van der Waals surface area contributed by atoms with Crippen LogP contribution in [0.5, 0.6) is 0 Å². The molecule has 22 heavy (non-hydrogen) atoms. The molecule has 2 N–H and O–H groups in total. The van der Waals surface area contributed by atoms with Gasteiger partial charge >= 0.3 is 0 Å². The van der Waals surface area contributed by atoms with Crippen LogP contribution < -0.4 is 10.6 Å². The summed E-state index contributed by atoms with van der Waals surface area (Å²) in [6.07, 6.45) is 0.377. The van der Waals surface area contributed by atoms with Crippen molar-refractivity contribution in [2.45, 2.75) is 6.42 Å². The third kappa shape index (κ3) is 4.88. The molecule has 0 aliphatic heterocycles. The summed E-state index contributed by atoms with van der Waals surface area (Å²) in [7, 11) is 0. The van der Waals surface area contributed by atoms with Crippen LogP contribution in [0.2, 0.25) is 0 Å². The summed E-state index contributed by atoms with van der Waals surface area (Å²) in [4.78, 5) is 1.10. The largest absolute Gasteiger partial charge is 0.350 e. The number of hydrogen-bond donors (Lipinski definition) is 2. The van der Waals surface area contributed by atoms with Crippen molar-refractivity contribution in [1.29, 1.82) is 5.26 Å². The lowest BCUT2D eigenvalue weighted by Crippen LogP contribution is -2.18. The Morgan fingerprint density at radius 2 is 1.36 bits per heavy atom. The first-order valence-corrected chi connectivity index (χ1v) is 7.24. The molecular formula is C16H12FN3S2. The Bertz CT molecular complexity index is 719. The van der Waals surface area contributed by atoms with Gasteiger partial charge in [0.2, 0.25) is 0 Å². The molecule has 0 aromatic heterocycles. The summed E-state index contributed by atoms with van der Waals surface area (Å²) in [5, 5.41) is 14.8. The second-order valence-electron chi connectivity index (χ2n) is 4.47. The Balaban J connectivity index is 1.86. The normalized spacial score (nSPS) is 9.64. The van der Waals surface area contributed by atoms with Gasteiger partial charge < -0.3 is 10.6 Å². The molecule has 0 aliphatic rings. The maximum absolute atomic E-state index is 12.8. The maximum atomic E-state index is 12.8. The van der Waals surface area contributed by atoms with E-state index in [1.54, 1.807) is 36.4 Å². The molecule has 6 heteroatoms. The summed E-state index contributed by atoms with van der Waals surface area (Å²) in [6.45, 7) is 0. The van der Waals surface area contributed by atoms with Gasteiger partial charge in [-0.2, -0.15) is 5.26 Å². The molecule has 2 rings (SSSR count). The van der Waals surface area contributed by atoms with Gasteiger partial charge in [-0.05, 0) is 48.5 Å². The van der Waals surface area contributed by atoms with Crippen LogP contribution in [-0.2, 0) is 0 Å². The highest BCUT2D eigenvalue weighted by Crippen LogP contribution is 2.12.